The van der Waals surface area contributed by atoms with Gasteiger partial charge in [-0.2, -0.15) is 0 Å². The molecule has 0 aliphatic rings. The molecule has 0 aromatic carbocycles. The quantitative estimate of drug-likeness (QED) is 0.499. The molecule has 84 valence electrons. The van der Waals surface area contributed by atoms with Crippen molar-refractivity contribution in [1.29, 1.82) is 0 Å². The molecular formula is C12H24O2. The minimum absolute atomic E-state index is 0.105. The van der Waals surface area contributed by atoms with Crippen LogP contribution in [0.25, 0.3) is 0 Å². The van der Waals surface area contributed by atoms with Crippen LogP contribution in [0, 0.1) is 0 Å². The Hall–Kier alpha value is -0.790. The smallest absolute Gasteiger partial charge is 0.305 e. The Balaban J connectivity index is 0. The van der Waals surface area contributed by atoms with Gasteiger partial charge in [-0.15, -0.1) is 0 Å². The third-order valence-electron chi connectivity index (χ3n) is 1.65. The molecule has 0 spiro atoms. The van der Waals surface area contributed by atoms with E-state index in [4.69, 9.17) is 0 Å². The summed E-state index contributed by atoms with van der Waals surface area (Å²) in [5.74, 6) is -0.105. The van der Waals surface area contributed by atoms with E-state index >= 15 is 0 Å². The van der Waals surface area contributed by atoms with Gasteiger partial charge in [-0.1, -0.05) is 38.8 Å². The molecule has 2 nitrogen and oxygen atoms in total. The molecule has 0 N–H and O–H groups in total. The van der Waals surface area contributed by atoms with Crippen molar-refractivity contribution in [2.24, 2.45) is 0 Å². The van der Waals surface area contributed by atoms with Crippen LogP contribution in [0.4, 0.5) is 0 Å². The summed E-state index contributed by atoms with van der Waals surface area (Å²) in [5, 5.41) is 0. The highest BCUT2D eigenvalue weighted by molar-refractivity contribution is 5.68. The zero-order valence-corrected chi connectivity index (χ0v) is 10.0. The molecule has 0 amide bonds. The molecule has 0 atom stereocenters. The van der Waals surface area contributed by atoms with Gasteiger partial charge >= 0.3 is 5.97 Å². The number of ether oxygens (including phenoxy) is 1. The van der Waals surface area contributed by atoms with Crippen LogP contribution in [-0.4, -0.2) is 13.1 Å². The van der Waals surface area contributed by atoms with Crippen molar-refractivity contribution in [2.75, 3.05) is 7.11 Å². The lowest BCUT2D eigenvalue weighted by Gasteiger charge is -1.93. The standard InChI is InChI=1S/C6H12O2.C6H12/c1-3-4-5-6(7)8-2;1-3-5-6-4-2/h3-5H2,1-2H3;3,5H,4,6H2,1-2H3. The van der Waals surface area contributed by atoms with Crippen LogP contribution in [0.2, 0.25) is 0 Å². The summed E-state index contributed by atoms with van der Waals surface area (Å²) >= 11 is 0. The van der Waals surface area contributed by atoms with Crippen LogP contribution in [-0.2, 0) is 9.53 Å². The molecular weight excluding hydrogens is 176 g/mol. The second kappa shape index (κ2) is 14.7. The third kappa shape index (κ3) is 17.3. The molecule has 0 aromatic rings. The van der Waals surface area contributed by atoms with Gasteiger partial charge in [0.1, 0.15) is 0 Å². The average Bonchev–Trinajstić information content (AvgIpc) is 2.23. The summed E-state index contributed by atoms with van der Waals surface area (Å²) in [6.45, 7) is 6.28. The van der Waals surface area contributed by atoms with Crippen LogP contribution in [0.3, 0.4) is 0 Å². The zero-order chi connectivity index (χ0) is 11.2. The van der Waals surface area contributed by atoms with Gasteiger partial charge in [0, 0.05) is 6.42 Å². The maximum absolute atomic E-state index is 10.3. The summed E-state index contributed by atoms with van der Waals surface area (Å²) in [5.41, 5.74) is 0. The van der Waals surface area contributed by atoms with Gasteiger partial charge in [0.05, 0.1) is 7.11 Å². The van der Waals surface area contributed by atoms with E-state index in [1.54, 1.807) is 0 Å². The first kappa shape index (κ1) is 15.7. The maximum atomic E-state index is 10.3. The van der Waals surface area contributed by atoms with E-state index in [0.717, 1.165) is 12.8 Å². The molecule has 0 saturated heterocycles. The molecule has 0 radical (unpaired) electrons. The van der Waals surface area contributed by atoms with E-state index in [2.05, 4.69) is 30.7 Å². The van der Waals surface area contributed by atoms with Crippen LogP contribution >= 0.6 is 0 Å². The second-order valence-corrected chi connectivity index (χ2v) is 3.04. The van der Waals surface area contributed by atoms with E-state index in [1.807, 2.05) is 6.92 Å². The molecule has 14 heavy (non-hydrogen) atoms. The number of esters is 1. The first-order valence-electron chi connectivity index (χ1n) is 5.40. The summed E-state index contributed by atoms with van der Waals surface area (Å²) in [4.78, 5) is 10.3. The Bertz CT molecular complexity index is 139. The largest absolute Gasteiger partial charge is 0.469 e. The van der Waals surface area contributed by atoms with E-state index in [9.17, 15) is 4.79 Å². The van der Waals surface area contributed by atoms with Crippen molar-refractivity contribution >= 4 is 5.97 Å². The van der Waals surface area contributed by atoms with Crippen molar-refractivity contribution in [1.82, 2.24) is 0 Å². The maximum Gasteiger partial charge on any atom is 0.305 e. The summed E-state index contributed by atoms with van der Waals surface area (Å²) in [6.07, 6.45) is 9.32. The molecule has 0 heterocycles. The molecule has 0 unspecified atom stereocenters. The average molecular weight is 200 g/mol. The van der Waals surface area contributed by atoms with Crippen LogP contribution in [0.5, 0.6) is 0 Å². The number of allylic oxidation sites excluding steroid dienone is 2. The molecule has 0 aromatic heterocycles. The predicted molar refractivity (Wildman–Crippen MR) is 61.3 cm³/mol. The summed E-state index contributed by atoms with van der Waals surface area (Å²) < 4.78 is 4.41. The van der Waals surface area contributed by atoms with Gasteiger partial charge in [0.2, 0.25) is 0 Å². The summed E-state index contributed by atoms with van der Waals surface area (Å²) in [6, 6.07) is 0. The van der Waals surface area contributed by atoms with Gasteiger partial charge in [-0.25, -0.2) is 0 Å². The topological polar surface area (TPSA) is 26.3 Å². The predicted octanol–water partition coefficient (Wildman–Crippen LogP) is 3.71. The fourth-order valence-electron chi connectivity index (χ4n) is 0.757. The van der Waals surface area contributed by atoms with Crippen molar-refractivity contribution in [2.45, 2.75) is 52.9 Å². The zero-order valence-electron chi connectivity index (χ0n) is 10.0. The number of rotatable bonds is 5. The SMILES string of the molecule is CC=CCCC.CCCCC(=O)OC. The minimum Gasteiger partial charge on any atom is -0.469 e. The fraction of sp³-hybridized carbons (Fsp3) is 0.750. The third-order valence-corrected chi connectivity index (χ3v) is 1.65. The molecule has 0 aliphatic heterocycles. The van der Waals surface area contributed by atoms with Gasteiger partial charge in [0.25, 0.3) is 0 Å². The first-order valence-corrected chi connectivity index (χ1v) is 5.40. The van der Waals surface area contributed by atoms with E-state index in [-0.39, 0.29) is 5.97 Å². The lowest BCUT2D eigenvalue weighted by atomic mass is 10.3. The number of methoxy groups -OCH3 is 1. The Morgan fingerprint density at radius 3 is 2.21 bits per heavy atom. The highest BCUT2D eigenvalue weighted by Gasteiger charge is 1.95. The van der Waals surface area contributed by atoms with Gasteiger partial charge in [-0.05, 0) is 19.8 Å². The van der Waals surface area contributed by atoms with Crippen molar-refractivity contribution in [3.05, 3.63) is 12.2 Å². The first-order chi connectivity index (χ1) is 6.72. The monoisotopic (exact) mass is 200 g/mol. The Kier molecular flexibility index (Phi) is 16.5. The van der Waals surface area contributed by atoms with Gasteiger partial charge in [0.15, 0.2) is 0 Å². The number of unbranched alkanes of at least 4 members (excludes halogenated alkanes) is 2. The second-order valence-electron chi connectivity index (χ2n) is 3.04. The van der Waals surface area contributed by atoms with Crippen molar-refractivity contribution < 1.29 is 9.53 Å². The summed E-state index contributed by atoms with van der Waals surface area (Å²) in [7, 11) is 1.41. The molecule has 0 saturated carbocycles. The fourth-order valence-corrected chi connectivity index (χ4v) is 0.757. The highest BCUT2D eigenvalue weighted by Crippen LogP contribution is 1.94. The van der Waals surface area contributed by atoms with Crippen LogP contribution < -0.4 is 0 Å². The number of carbonyl (C=O) groups is 1. The van der Waals surface area contributed by atoms with Gasteiger partial charge in [-0.3, -0.25) is 4.79 Å². The lowest BCUT2D eigenvalue weighted by molar-refractivity contribution is -0.140. The Morgan fingerprint density at radius 1 is 1.29 bits per heavy atom. The number of carbonyl (C=O) groups excluding carboxylic acids is 1. The number of hydrogen-bond acceptors (Lipinski definition) is 2. The van der Waals surface area contributed by atoms with E-state index in [0.29, 0.717) is 6.42 Å². The highest BCUT2D eigenvalue weighted by atomic mass is 16.5. The van der Waals surface area contributed by atoms with E-state index in [1.165, 1.54) is 20.0 Å². The Labute approximate surface area is 88.3 Å². The molecule has 0 fully saturated rings. The lowest BCUT2D eigenvalue weighted by Crippen LogP contribution is -1.98. The number of hydrogen-bond donors (Lipinski definition) is 0. The van der Waals surface area contributed by atoms with Crippen LogP contribution in [0.1, 0.15) is 52.9 Å². The molecule has 2 heteroatoms. The van der Waals surface area contributed by atoms with E-state index < -0.39 is 0 Å². The molecule has 0 rings (SSSR count). The molecule has 0 aliphatic carbocycles. The van der Waals surface area contributed by atoms with Crippen molar-refractivity contribution in [3.63, 3.8) is 0 Å². The van der Waals surface area contributed by atoms with Gasteiger partial charge < -0.3 is 4.74 Å². The van der Waals surface area contributed by atoms with Crippen molar-refractivity contribution in [3.8, 4) is 0 Å². The Morgan fingerprint density at radius 2 is 1.93 bits per heavy atom. The van der Waals surface area contributed by atoms with Crippen LogP contribution in [0.15, 0.2) is 12.2 Å². The normalized spacial score (nSPS) is 9.43. The molecule has 0 bridgehead atoms. The minimum atomic E-state index is -0.105.